The third-order valence-electron chi connectivity index (χ3n) is 4.91. The van der Waals surface area contributed by atoms with Gasteiger partial charge in [0.05, 0.1) is 16.3 Å². The molecule has 118 valence electrons. The van der Waals surface area contributed by atoms with Crippen LogP contribution in [0.15, 0.2) is 0 Å². The van der Waals surface area contributed by atoms with Crippen LogP contribution in [0.3, 0.4) is 0 Å². The smallest absolute Gasteiger partial charge is 0.235 e. The highest BCUT2D eigenvalue weighted by atomic mass is 32.1. The second-order valence-electron chi connectivity index (χ2n) is 6.21. The van der Waals surface area contributed by atoms with E-state index >= 15 is 0 Å². The fraction of sp³-hybridized carbons (Fsp3) is 0.800. The zero-order valence-electron chi connectivity index (χ0n) is 12.7. The zero-order chi connectivity index (χ0) is 15.5. The first-order valence-electron chi connectivity index (χ1n) is 7.82. The quantitative estimate of drug-likeness (QED) is 0.768. The summed E-state index contributed by atoms with van der Waals surface area (Å²) in [4.78, 5) is 27.0. The van der Waals surface area contributed by atoms with Crippen LogP contribution in [0.2, 0.25) is 0 Å². The normalized spacial score (nSPS) is 25.2. The number of nitrogens with zero attached hydrogens (tertiary/aromatic N) is 1. The minimum atomic E-state index is -0.668. The number of piperidine rings is 1. The maximum absolute atomic E-state index is 13.0. The summed E-state index contributed by atoms with van der Waals surface area (Å²) in [5, 5.41) is 2.68. The molecule has 3 N–H and O–H groups in total. The third kappa shape index (κ3) is 3.20. The van der Waals surface area contributed by atoms with Crippen LogP contribution in [0.4, 0.5) is 0 Å². The van der Waals surface area contributed by atoms with E-state index in [1.165, 1.54) is 0 Å². The maximum Gasteiger partial charge on any atom is 0.235 e. The molecule has 1 saturated heterocycles. The van der Waals surface area contributed by atoms with E-state index in [4.69, 9.17) is 18.0 Å². The van der Waals surface area contributed by atoms with Gasteiger partial charge in [0.25, 0.3) is 0 Å². The molecule has 21 heavy (non-hydrogen) atoms. The van der Waals surface area contributed by atoms with Gasteiger partial charge in [-0.2, -0.15) is 0 Å². The second kappa shape index (κ2) is 6.73. The molecule has 0 aromatic heterocycles. The van der Waals surface area contributed by atoms with Gasteiger partial charge in [-0.05, 0) is 25.7 Å². The standard InChI is InChI=1S/C15H25N3O2S/c1-17-12(19)11-6-5-9-18(10-11)14(20)15(13(16)21)7-3-2-4-8-15/h11H,2-10H2,1H3,(H2,16,21)(H,17,19). The monoisotopic (exact) mass is 311 g/mol. The van der Waals surface area contributed by atoms with E-state index in [2.05, 4.69) is 5.32 Å². The summed E-state index contributed by atoms with van der Waals surface area (Å²) in [7, 11) is 1.64. The summed E-state index contributed by atoms with van der Waals surface area (Å²) in [6.07, 6.45) is 6.33. The summed E-state index contributed by atoms with van der Waals surface area (Å²) in [6, 6.07) is 0. The zero-order valence-corrected chi connectivity index (χ0v) is 13.5. The van der Waals surface area contributed by atoms with Gasteiger partial charge < -0.3 is 16.0 Å². The SMILES string of the molecule is CNC(=O)C1CCCN(C(=O)C2(C(N)=S)CCCCC2)C1. The minimum Gasteiger partial charge on any atom is -0.392 e. The Bertz CT molecular complexity index is 433. The predicted molar refractivity (Wildman–Crippen MR) is 85.7 cm³/mol. The first kappa shape index (κ1) is 16.2. The number of thiocarbonyl (C=S) groups is 1. The Kier molecular flexibility index (Phi) is 5.19. The van der Waals surface area contributed by atoms with Crippen molar-refractivity contribution in [2.45, 2.75) is 44.9 Å². The third-order valence-corrected chi connectivity index (χ3v) is 5.30. The van der Waals surface area contributed by atoms with Gasteiger partial charge in [-0.15, -0.1) is 0 Å². The molecule has 1 atom stereocenters. The fourth-order valence-corrected chi connectivity index (χ4v) is 3.89. The second-order valence-corrected chi connectivity index (χ2v) is 6.65. The van der Waals surface area contributed by atoms with Crippen molar-refractivity contribution in [3.63, 3.8) is 0 Å². The lowest BCUT2D eigenvalue weighted by atomic mass is 9.72. The maximum atomic E-state index is 13.0. The van der Waals surface area contributed by atoms with Gasteiger partial charge >= 0.3 is 0 Å². The largest absolute Gasteiger partial charge is 0.392 e. The van der Waals surface area contributed by atoms with Crippen LogP contribution in [0.1, 0.15) is 44.9 Å². The van der Waals surface area contributed by atoms with Crippen molar-refractivity contribution in [3.05, 3.63) is 0 Å². The van der Waals surface area contributed by atoms with Gasteiger partial charge in [0, 0.05) is 20.1 Å². The lowest BCUT2D eigenvalue weighted by Crippen LogP contribution is -2.55. The Morgan fingerprint density at radius 3 is 2.48 bits per heavy atom. The van der Waals surface area contributed by atoms with E-state index in [1.54, 1.807) is 7.05 Å². The van der Waals surface area contributed by atoms with E-state index in [0.717, 1.165) is 44.9 Å². The first-order valence-corrected chi connectivity index (χ1v) is 8.23. The minimum absolute atomic E-state index is 0.0144. The number of nitrogens with one attached hydrogen (secondary N) is 1. The molecule has 5 nitrogen and oxygen atoms in total. The predicted octanol–water partition coefficient (Wildman–Crippen LogP) is 1.21. The molecule has 2 rings (SSSR count). The molecule has 6 heteroatoms. The van der Waals surface area contributed by atoms with Gasteiger partial charge in [-0.25, -0.2) is 0 Å². The summed E-state index contributed by atoms with van der Waals surface area (Å²) in [6.45, 7) is 1.19. The van der Waals surface area contributed by atoms with E-state index in [1.807, 2.05) is 4.90 Å². The fourth-order valence-electron chi connectivity index (χ4n) is 3.60. The number of hydrogen-bond acceptors (Lipinski definition) is 3. The van der Waals surface area contributed by atoms with Crippen LogP contribution in [0.25, 0.3) is 0 Å². The van der Waals surface area contributed by atoms with E-state index in [-0.39, 0.29) is 17.7 Å². The molecule has 1 heterocycles. The Labute approximate surface area is 131 Å². The topological polar surface area (TPSA) is 75.4 Å². The molecule has 0 aromatic rings. The Balaban J connectivity index is 2.13. The summed E-state index contributed by atoms with van der Waals surface area (Å²) in [5.74, 6) is -0.0523. The molecule has 2 aliphatic rings. The molecule has 1 aliphatic heterocycles. The van der Waals surface area contributed by atoms with Crippen LogP contribution in [0, 0.1) is 11.3 Å². The lowest BCUT2D eigenvalue weighted by Gasteiger charge is -2.41. The number of likely N-dealkylation sites (tertiary alicyclic amines) is 1. The number of hydrogen-bond donors (Lipinski definition) is 2. The van der Waals surface area contributed by atoms with E-state index < -0.39 is 5.41 Å². The average Bonchev–Trinajstić information content (AvgIpc) is 2.54. The highest BCUT2D eigenvalue weighted by Crippen LogP contribution is 2.39. The molecule has 1 unspecified atom stereocenters. The van der Waals surface area contributed by atoms with Crippen molar-refractivity contribution in [2.24, 2.45) is 17.1 Å². The van der Waals surface area contributed by atoms with Gasteiger partial charge in [0.1, 0.15) is 0 Å². The molecule has 1 aliphatic carbocycles. The molecule has 2 amide bonds. The van der Waals surface area contributed by atoms with Crippen LogP contribution in [0.5, 0.6) is 0 Å². The number of carbonyl (C=O) groups is 2. The average molecular weight is 311 g/mol. The number of rotatable bonds is 3. The summed E-state index contributed by atoms with van der Waals surface area (Å²) >= 11 is 5.23. The van der Waals surface area contributed by atoms with Gasteiger partial charge in [0.15, 0.2) is 0 Å². The van der Waals surface area contributed by atoms with Crippen molar-refractivity contribution in [3.8, 4) is 0 Å². The molecular formula is C15H25N3O2S. The van der Waals surface area contributed by atoms with Crippen molar-refractivity contribution in [2.75, 3.05) is 20.1 Å². The number of nitrogens with two attached hydrogens (primary N) is 1. The van der Waals surface area contributed by atoms with Gasteiger partial charge in [0.2, 0.25) is 11.8 Å². The van der Waals surface area contributed by atoms with Gasteiger partial charge in [-0.1, -0.05) is 31.5 Å². The van der Waals surface area contributed by atoms with E-state index in [9.17, 15) is 9.59 Å². The van der Waals surface area contributed by atoms with E-state index in [0.29, 0.717) is 18.1 Å². The molecular weight excluding hydrogens is 286 g/mol. The van der Waals surface area contributed by atoms with Crippen molar-refractivity contribution in [1.29, 1.82) is 0 Å². The Morgan fingerprint density at radius 1 is 1.24 bits per heavy atom. The molecule has 0 spiro atoms. The number of amides is 2. The van der Waals surface area contributed by atoms with Crippen LogP contribution >= 0.6 is 12.2 Å². The molecule has 1 saturated carbocycles. The summed E-state index contributed by atoms with van der Waals surface area (Å²) in [5.41, 5.74) is 5.27. The number of carbonyl (C=O) groups excluding carboxylic acids is 2. The van der Waals surface area contributed by atoms with Crippen molar-refractivity contribution in [1.82, 2.24) is 10.2 Å². The highest BCUT2D eigenvalue weighted by molar-refractivity contribution is 7.80. The van der Waals surface area contributed by atoms with Crippen LogP contribution in [-0.2, 0) is 9.59 Å². The molecule has 2 fully saturated rings. The molecule has 0 bridgehead atoms. The Morgan fingerprint density at radius 2 is 1.90 bits per heavy atom. The molecule has 0 aromatic carbocycles. The highest BCUT2D eigenvalue weighted by Gasteiger charge is 2.45. The van der Waals surface area contributed by atoms with Crippen molar-refractivity contribution < 1.29 is 9.59 Å². The van der Waals surface area contributed by atoms with Crippen molar-refractivity contribution >= 4 is 29.0 Å². The Hall–Kier alpha value is -1.17. The first-order chi connectivity index (χ1) is 10.0. The molecule has 0 radical (unpaired) electrons. The van der Waals surface area contributed by atoms with Gasteiger partial charge in [-0.3, -0.25) is 9.59 Å². The summed E-state index contributed by atoms with van der Waals surface area (Å²) < 4.78 is 0. The lowest BCUT2D eigenvalue weighted by molar-refractivity contribution is -0.143. The van der Waals surface area contributed by atoms with Crippen LogP contribution in [-0.4, -0.2) is 41.8 Å². The van der Waals surface area contributed by atoms with Crippen LogP contribution < -0.4 is 11.1 Å².